The van der Waals surface area contributed by atoms with Crippen molar-refractivity contribution in [2.75, 3.05) is 11.9 Å². The molecule has 0 aliphatic carbocycles. The molecule has 0 unspecified atom stereocenters. The van der Waals surface area contributed by atoms with Crippen LogP contribution in [0.3, 0.4) is 0 Å². The Labute approximate surface area is 205 Å². The molecule has 33 heavy (non-hydrogen) atoms. The molecule has 9 heteroatoms. The van der Waals surface area contributed by atoms with Crippen molar-refractivity contribution in [1.29, 1.82) is 0 Å². The topological polar surface area (TPSA) is 76.4 Å². The van der Waals surface area contributed by atoms with Crippen molar-refractivity contribution in [2.24, 2.45) is 0 Å². The predicted octanol–water partition coefficient (Wildman–Crippen LogP) is 5.93. The first-order valence-corrected chi connectivity index (χ1v) is 11.2. The van der Waals surface area contributed by atoms with Gasteiger partial charge in [0.2, 0.25) is 0 Å². The summed E-state index contributed by atoms with van der Waals surface area (Å²) in [5.74, 6) is 0.644. The Balaban J connectivity index is 1.28. The summed E-state index contributed by atoms with van der Waals surface area (Å²) in [4.78, 5) is 16.7. The number of nitrogens with zero attached hydrogens (tertiary/aromatic N) is 1. The number of amides is 1. The van der Waals surface area contributed by atoms with Gasteiger partial charge >= 0.3 is 0 Å². The van der Waals surface area contributed by atoms with Crippen molar-refractivity contribution in [3.63, 3.8) is 0 Å². The van der Waals surface area contributed by atoms with Gasteiger partial charge in [-0.05, 0) is 66.7 Å². The van der Waals surface area contributed by atoms with E-state index < -0.39 is 5.91 Å². The van der Waals surface area contributed by atoms with Crippen LogP contribution < -0.4 is 15.4 Å². The van der Waals surface area contributed by atoms with Crippen molar-refractivity contribution in [1.82, 2.24) is 10.3 Å². The quantitative estimate of drug-likeness (QED) is 0.320. The first-order valence-electron chi connectivity index (χ1n) is 10.00. The van der Waals surface area contributed by atoms with Gasteiger partial charge in [-0.3, -0.25) is 10.1 Å². The van der Waals surface area contributed by atoms with Gasteiger partial charge in [-0.2, -0.15) is 0 Å². The summed E-state index contributed by atoms with van der Waals surface area (Å²) in [6, 6.07) is 18.5. The van der Waals surface area contributed by atoms with Crippen LogP contribution in [0.5, 0.6) is 5.75 Å². The minimum absolute atomic E-state index is 0.161. The predicted molar refractivity (Wildman–Crippen MR) is 134 cm³/mol. The lowest BCUT2D eigenvalue weighted by atomic mass is 10.1. The average Bonchev–Trinajstić information content (AvgIpc) is 3.16. The molecule has 0 aliphatic heterocycles. The Bertz CT molecular complexity index is 1270. The molecule has 168 valence electrons. The van der Waals surface area contributed by atoms with E-state index in [4.69, 9.17) is 44.6 Å². The lowest BCUT2D eigenvalue weighted by Crippen LogP contribution is -2.37. The third-order valence-corrected chi connectivity index (χ3v) is 5.40. The van der Waals surface area contributed by atoms with E-state index in [-0.39, 0.29) is 11.7 Å². The number of fused-ring (bicyclic) bond motifs is 1. The second-order valence-electron chi connectivity index (χ2n) is 7.27. The third kappa shape index (κ3) is 6.01. The van der Waals surface area contributed by atoms with Crippen LogP contribution in [0.15, 0.2) is 65.1 Å². The van der Waals surface area contributed by atoms with Crippen LogP contribution >= 0.6 is 35.4 Å². The Kier molecular flexibility index (Phi) is 7.13. The zero-order valence-corrected chi connectivity index (χ0v) is 19.9. The van der Waals surface area contributed by atoms with Gasteiger partial charge in [0.15, 0.2) is 23.2 Å². The molecular formula is C24H19Cl2N3O3S. The fourth-order valence-electron chi connectivity index (χ4n) is 3.21. The van der Waals surface area contributed by atoms with E-state index in [0.29, 0.717) is 28.1 Å². The summed E-state index contributed by atoms with van der Waals surface area (Å²) in [6.07, 6.45) is 0.570. The standard InChI is InChI=1S/C24H19Cl2N3O3S/c1-14-10-16(25)12-18(26)23(14)31-13-21(30)29-24(33)27-17-8-6-15(7-9-17)11-22-28-19-4-2-3-5-20(19)32-22/h2-10,12H,11,13H2,1H3,(H2,27,29,30,33). The number of anilines is 1. The van der Waals surface area contributed by atoms with Gasteiger partial charge in [0, 0.05) is 17.1 Å². The monoisotopic (exact) mass is 499 g/mol. The number of halogens is 2. The van der Waals surface area contributed by atoms with E-state index in [1.54, 1.807) is 19.1 Å². The van der Waals surface area contributed by atoms with Crippen molar-refractivity contribution < 1.29 is 13.9 Å². The molecule has 0 atom stereocenters. The minimum atomic E-state index is -0.412. The molecule has 1 aromatic heterocycles. The Morgan fingerprint density at radius 2 is 1.88 bits per heavy atom. The number of aryl methyl sites for hydroxylation is 1. The molecule has 1 heterocycles. The molecule has 3 aromatic carbocycles. The molecule has 4 rings (SSSR count). The van der Waals surface area contributed by atoms with Gasteiger partial charge in [-0.15, -0.1) is 0 Å². The number of aromatic nitrogens is 1. The van der Waals surface area contributed by atoms with Crippen molar-refractivity contribution in [2.45, 2.75) is 13.3 Å². The number of rotatable bonds is 6. The van der Waals surface area contributed by atoms with Crippen molar-refractivity contribution in [3.05, 3.63) is 87.7 Å². The number of ether oxygens (including phenoxy) is 1. The molecule has 4 aromatic rings. The molecular weight excluding hydrogens is 481 g/mol. The van der Waals surface area contributed by atoms with E-state index in [9.17, 15) is 4.79 Å². The summed E-state index contributed by atoms with van der Waals surface area (Å²) in [6.45, 7) is 1.55. The molecule has 0 bridgehead atoms. The zero-order chi connectivity index (χ0) is 23.4. The summed E-state index contributed by atoms with van der Waals surface area (Å²) >= 11 is 17.3. The van der Waals surface area contributed by atoms with E-state index in [2.05, 4.69) is 15.6 Å². The highest BCUT2D eigenvalue weighted by Gasteiger charge is 2.12. The zero-order valence-electron chi connectivity index (χ0n) is 17.5. The number of nitrogens with one attached hydrogen (secondary N) is 2. The number of carbonyl (C=O) groups excluding carboxylic acids is 1. The van der Waals surface area contributed by atoms with E-state index in [1.807, 2.05) is 48.5 Å². The lowest BCUT2D eigenvalue weighted by molar-refractivity contribution is -0.121. The first-order chi connectivity index (χ1) is 15.9. The van der Waals surface area contributed by atoms with Crippen LogP contribution in [-0.2, 0) is 11.2 Å². The van der Waals surface area contributed by atoms with Gasteiger partial charge < -0.3 is 14.5 Å². The van der Waals surface area contributed by atoms with E-state index >= 15 is 0 Å². The highest BCUT2D eigenvalue weighted by molar-refractivity contribution is 7.80. The van der Waals surface area contributed by atoms with Gasteiger partial charge in [0.05, 0.1) is 5.02 Å². The van der Waals surface area contributed by atoms with Crippen LogP contribution in [0.4, 0.5) is 5.69 Å². The largest absolute Gasteiger partial charge is 0.482 e. The Hall–Kier alpha value is -3.13. The summed E-state index contributed by atoms with van der Waals surface area (Å²) < 4.78 is 11.3. The third-order valence-electron chi connectivity index (χ3n) is 4.70. The number of para-hydroxylation sites is 2. The smallest absolute Gasteiger partial charge is 0.264 e. The number of hydrogen-bond acceptors (Lipinski definition) is 5. The van der Waals surface area contributed by atoms with Crippen molar-refractivity contribution in [3.8, 4) is 5.75 Å². The highest BCUT2D eigenvalue weighted by Crippen LogP contribution is 2.31. The fourth-order valence-corrected chi connectivity index (χ4v) is 4.09. The first kappa shape index (κ1) is 23.0. The number of hydrogen-bond donors (Lipinski definition) is 2. The molecule has 0 fully saturated rings. The maximum Gasteiger partial charge on any atom is 0.264 e. The SMILES string of the molecule is Cc1cc(Cl)cc(Cl)c1OCC(=O)NC(=S)Nc1ccc(Cc2nc3ccccc3o2)cc1. The molecule has 1 amide bonds. The van der Waals surface area contributed by atoms with Crippen LogP contribution in [0.25, 0.3) is 11.1 Å². The number of oxazole rings is 1. The average molecular weight is 500 g/mol. The molecule has 6 nitrogen and oxygen atoms in total. The second-order valence-corrected chi connectivity index (χ2v) is 8.53. The van der Waals surface area contributed by atoms with Crippen LogP contribution in [0.1, 0.15) is 17.0 Å². The molecule has 0 radical (unpaired) electrons. The molecule has 0 saturated heterocycles. The summed E-state index contributed by atoms with van der Waals surface area (Å²) in [5.41, 5.74) is 4.11. The maximum atomic E-state index is 12.2. The maximum absolute atomic E-state index is 12.2. The van der Waals surface area contributed by atoms with E-state index in [1.165, 1.54) is 0 Å². The summed E-state index contributed by atoms with van der Waals surface area (Å²) in [7, 11) is 0. The minimum Gasteiger partial charge on any atom is -0.482 e. The van der Waals surface area contributed by atoms with Crippen molar-refractivity contribution >= 4 is 63.2 Å². The van der Waals surface area contributed by atoms with Gasteiger partial charge in [0.1, 0.15) is 11.3 Å². The van der Waals surface area contributed by atoms with E-state index in [0.717, 1.165) is 27.9 Å². The normalized spacial score (nSPS) is 10.8. The molecule has 0 aliphatic rings. The Morgan fingerprint density at radius 3 is 2.61 bits per heavy atom. The number of carbonyl (C=O) groups is 1. The Morgan fingerprint density at radius 1 is 1.12 bits per heavy atom. The van der Waals surface area contributed by atoms with Crippen LogP contribution in [0.2, 0.25) is 10.0 Å². The number of benzene rings is 3. The molecule has 0 spiro atoms. The number of thiocarbonyl (C=S) groups is 1. The summed E-state index contributed by atoms with van der Waals surface area (Å²) in [5, 5.41) is 6.56. The molecule has 2 N–H and O–H groups in total. The lowest BCUT2D eigenvalue weighted by Gasteiger charge is -2.13. The highest BCUT2D eigenvalue weighted by atomic mass is 35.5. The van der Waals surface area contributed by atoms with Gasteiger partial charge in [0.25, 0.3) is 5.91 Å². The van der Waals surface area contributed by atoms with Crippen LogP contribution in [0, 0.1) is 6.92 Å². The second kappa shape index (κ2) is 10.2. The molecule has 0 saturated carbocycles. The fraction of sp³-hybridized carbons (Fsp3) is 0.125. The van der Waals surface area contributed by atoms with Gasteiger partial charge in [-0.1, -0.05) is 47.5 Å². The van der Waals surface area contributed by atoms with Gasteiger partial charge in [-0.25, -0.2) is 4.98 Å². The van der Waals surface area contributed by atoms with Crippen LogP contribution in [-0.4, -0.2) is 22.6 Å².